The van der Waals surface area contributed by atoms with Crippen molar-refractivity contribution in [3.05, 3.63) is 0 Å². The van der Waals surface area contributed by atoms with Gasteiger partial charge in [0.25, 0.3) is 0 Å². The maximum Gasteiger partial charge on any atom is 0.459 e. The fraction of sp³-hybridized carbons (Fsp3) is 1.00. The molecule has 0 N–H and O–H groups in total. The summed E-state index contributed by atoms with van der Waals surface area (Å²) in [6.45, 7) is 7.15. The normalized spacial score (nSPS) is 14.8. The molecule has 0 saturated carbocycles. The minimum atomic E-state index is -6.22. The van der Waals surface area contributed by atoms with Crippen LogP contribution in [0.25, 0.3) is 0 Å². The Morgan fingerprint density at radius 1 is 0.789 bits per heavy atom. The molecule has 0 saturated heterocycles. The van der Waals surface area contributed by atoms with Crippen molar-refractivity contribution in [1.29, 1.82) is 0 Å². The van der Waals surface area contributed by atoms with Gasteiger partial charge in [0.15, 0.2) is 0 Å². The smallest absolute Gasteiger partial charge is 0.200 e. The molecule has 0 bridgehead atoms. The van der Waals surface area contributed by atoms with Gasteiger partial charge >= 0.3 is 18.0 Å². The zero-order valence-electron chi connectivity index (χ0n) is 11.3. The van der Waals surface area contributed by atoms with Gasteiger partial charge in [-0.3, -0.25) is 0 Å². The van der Waals surface area contributed by atoms with Gasteiger partial charge in [-0.25, -0.2) is 0 Å². The van der Waals surface area contributed by atoms with Crippen LogP contribution in [-0.4, -0.2) is 26.8 Å². The van der Waals surface area contributed by atoms with E-state index in [-0.39, 0.29) is 17.1 Å². The van der Waals surface area contributed by atoms with Crippen LogP contribution in [0, 0.1) is 0 Å². The third-order valence-corrected chi connectivity index (χ3v) is 7.70. The maximum atomic E-state index is 13.1. The van der Waals surface area contributed by atoms with Crippen LogP contribution in [0.15, 0.2) is 0 Å². The third kappa shape index (κ3) is 4.36. The Morgan fingerprint density at radius 3 is 1.42 bits per heavy atom. The van der Waals surface area contributed by atoms with Crippen molar-refractivity contribution < 1.29 is 30.7 Å². The minimum Gasteiger partial charge on any atom is -0.200 e. The van der Waals surface area contributed by atoms with Gasteiger partial charge in [-0.15, -0.1) is 0 Å². The molecule has 116 valence electrons. The van der Waals surface area contributed by atoms with Gasteiger partial charge in [-0.05, 0) is 0 Å². The summed E-state index contributed by atoms with van der Waals surface area (Å²) in [5.74, 6) is -11.0. The van der Waals surface area contributed by atoms with E-state index in [0.29, 0.717) is 0 Å². The topological polar surface area (TPSA) is 0 Å². The van der Waals surface area contributed by atoms with Crippen LogP contribution in [-0.2, 0) is 0 Å². The first-order valence-corrected chi connectivity index (χ1v) is 8.21. The highest BCUT2D eigenvalue weighted by Gasteiger charge is 2.72. The van der Waals surface area contributed by atoms with Crippen molar-refractivity contribution in [3.8, 4) is 0 Å². The van der Waals surface area contributed by atoms with Crippen molar-refractivity contribution in [2.45, 2.75) is 69.3 Å². The van der Waals surface area contributed by atoms with Crippen LogP contribution in [0.4, 0.5) is 30.7 Å². The van der Waals surface area contributed by atoms with Gasteiger partial charge in [0.2, 0.25) is 0 Å². The lowest BCUT2D eigenvalue weighted by atomic mass is 10.1. The van der Waals surface area contributed by atoms with E-state index < -0.39 is 33.2 Å². The largest absolute Gasteiger partial charge is 0.459 e. The van der Waals surface area contributed by atoms with Crippen molar-refractivity contribution in [2.75, 3.05) is 0 Å². The zero-order valence-corrected chi connectivity index (χ0v) is 12.4. The van der Waals surface area contributed by atoms with Gasteiger partial charge in [-0.1, -0.05) is 44.8 Å². The molecule has 0 amide bonds. The van der Waals surface area contributed by atoms with E-state index in [0.717, 1.165) is 0 Å². The van der Waals surface area contributed by atoms with Crippen molar-refractivity contribution in [3.63, 3.8) is 0 Å². The van der Waals surface area contributed by atoms with Crippen LogP contribution >= 0.6 is 0 Å². The average molecular weight is 312 g/mol. The Kier molecular flexibility index (Phi) is 5.92. The Labute approximate surface area is 110 Å². The fourth-order valence-electron chi connectivity index (χ4n) is 2.15. The van der Waals surface area contributed by atoms with Crippen LogP contribution < -0.4 is 0 Å². The summed E-state index contributed by atoms with van der Waals surface area (Å²) in [6.07, 6.45) is -7.63. The van der Waals surface area contributed by atoms with Gasteiger partial charge in [0, 0.05) is 15.2 Å². The average Bonchev–Trinajstić information content (AvgIpc) is 2.13. The summed E-state index contributed by atoms with van der Waals surface area (Å²) in [5, 5.41) is 0. The molecule has 8 heteroatoms. The van der Waals surface area contributed by atoms with E-state index in [4.69, 9.17) is 0 Å². The standard InChI is InChI=1S/C11H19F7Si/c1-7(2)19(8(3)4)6-5-9(12,13)10(14,15)11(16,17)18/h7-8,19H,5-6H2,1-4H3. The summed E-state index contributed by atoms with van der Waals surface area (Å²) in [4.78, 5) is 0. The van der Waals surface area contributed by atoms with Gasteiger partial charge in [0.1, 0.15) is 0 Å². The molecule has 0 atom stereocenters. The highest BCUT2D eigenvalue weighted by atomic mass is 28.3. The van der Waals surface area contributed by atoms with Gasteiger partial charge in [0.05, 0.1) is 0 Å². The first-order chi connectivity index (χ1) is 8.24. The Morgan fingerprint density at radius 2 is 1.16 bits per heavy atom. The van der Waals surface area contributed by atoms with E-state index in [1.165, 1.54) is 0 Å². The second-order valence-electron chi connectivity index (χ2n) is 5.47. The molecule has 0 spiro atoms. The molecule has 0 rings (SSSR count). The van der Waals surface area contributed by atoms with Crippen LogP contribution in [0.3, 0.4) is 0 Å². The van der Waals surface area contributed by atoms with E-state index in [9.17, 15) is 30.7 Å². The molecule has 0 aliphatic rings. The summed E-state index contributed by atoms with van der Waals surface area (Å²) < 4.78 is 87.5. The van der Waals surface area contributed by atoms with Crippen molar-refractivity contribution in [2.24, 2.45) is 0 Å². The molecule has 0 nitrogen and oxygen atoms in total. The van der Waals surface area contributed by atoms with E-state index in [2.05, 4.69) is 0 Å². The summed E-state index contributed by atoms with van der Waals surface area (Å²) >= 11 is 0. The predicted octanol–water partition coefficient (Wildman–Crippen LogP) is 5.26. The molecule has 19 heavy (non-hydrogen) atoms. The number of hydrogen-bond donors (Lipinski definition) is 0. The molecule has 0 aromatic heterocycles. The lowest BCUT2D eigenvalue weighted by molar-refractivity contribution is -0.354. The second kappa shape index (κ2) is 6.01. The quantitative estimate of drug-likeness (QED) is 0.464. The van der Waals surface area contributed by atoms with Gasteiger partial charge in [-0.2, -0.15) is 30.7 Å². The summed E-state index contributed by atoms with van der Waals surface area (Å²) in [6, 6.07) is -0.228. The first-order valence-electron chi connectivity index (χ1n) is 6.06. The van der Waals surface area contributed by atoms with Crippen LogP contribution in [0.5, 0.6) is 0 Å². The first kappa shape index (κ1) is 18.7. The molecular formula is C11H19F7Si. The van der Waals surface area contributed by atoms with Crippen LogP contribution in [0.2, 0.25) is 17.1 Å². The number of halogens is 7. The SMILES string of the molecule is CC(C)[SiH](CCC(F)(F)C(F)(F)C(F)(F)F)C(C)C. The maximum absolute atomic E-state index is 13.1. The Balaban J connectivity index is 4.88. The molecule has 0 aliphatic carbocycles. The molecule has 0 aromatic carbocycles. The lowest BCUT2D eigenvalue weighted by Gasteiger charge is -2.30. The molecule has 0 aliphatic heterocycles. The predicted molar refractivity (Wildman–Crippen MR) is 62.7 cm³/mol. The van der Waals surface area contributed by atoms with Crippen molar-refractivity contribution in [1.82, 2.24) is 0 Å². The van der Waals surface area contributed by atoms with Crippen LogP contribution in [0.1, 0.15) is 34.1 Å². The third-order valence-electron chi connectivity index (χ3n) is 3.32. The number of hydrogen-bond acceptors (Lipinski definition) is 0. The minimum absolute atomic E-state index is 0.0790. The van der Waals surface area contributed by atoms with Crippen molar-refractivity contribution >= 4 is 8.80 Å². The monoisotopic (exact) mass is 312 g/mol. The molecule has 0 heterocycles. The Bertz CT molecular complexity index is 275. The number of alkyl halides is 7. The summed E-state index contributed by atoms with van der Waals surface area (Å²) in [7, 11) is -1.79. The molecule has 0 unspecified atom stereocenters. The summed E-state index contributed by atoms with van der Waals surface area (Å²) in [5.41, 5.74) is 0.158. The molecule has 0 radical (unpaired) electrons. The number of rotatable bonds is 6. The van der Waals surface area contributed by atoms with E-state index >= 15 is 0 Å². The molecular weight excluding hydrogens is 293 g/mol. The zero-order chi connectivity index (χ0) is 15.6. The second-order valence-corrected chi connectivity index (χ2v) is 10.0. The van der Waals surface area contributed by atoms with E-state index in [1.807, 2.05) is 0 Å². The Hall–Kier alpha value is -0.273. The lowest BCUT2D eigenvalue weighted by Crippen LogP contribution is -2.52. The molecule has 0 fully saturated rings. The van der Waals surface area contributed by atoms with E-state index in [1.54, 1.807) is 27.7 Å². The van der Waals surface area contributed by atoms with Gasteiger partial charge < -0.3 is 0 Å². The highest BCUT2D eigenvalue weighted by molar-refractivity contribution is 6.61. The molecule has 0 aromatic rings. The fourth-order valence-corrected chi connectivity index (χ4v) is 5.72. The highest BCUT2D eigenvalue weighted by Crippen LogP contribution is 2.49.